The molecule has 0 aromatic heterocycles. The fourth-order valence-corrected chi connectivity index (χ4v) is 1.61. The zero-order valence-electron chi connectivity index (χ0n) is 15.2. The van der Waals surface area contributed by atoms with Crippen LogP contribution in [-0.2, 0) is 38.1 Å². The van der Waals surface area contributed by atoms with Gasteiger partial charge in [0.15, 0.2) is 12.2 Å². The maximum absolute atomic E-state index is 12.4. The van der Waals surface area contributed by atoms with Crippen molar-refractivity contribution in [2.75, 3.05) is 6.61 Å². The third kappa shape index (κ3) is 10.0. The van der Waals surface area contributed by atoms with Crippen LogP contribution in [0, 0.1) is 0 Å². The molecule has 0 rings (SSSR count). The predicted molar refractivity (Wildman–Crippen MR) is 70.5 cm³/mol. The van der Waals surface area contributed by atoms with Crippen LogP contribution in [0.5, 0.6) is 0 Å². The van der Waals surface area contributed by atoms with E-state index in [2.05, 4.69) is 18.9 Å². The van der Waals surface area contributed by atoms with Crippen LogP contribution in [0.15, 0.2) is 0 Å². The molecule has 8 nitrogen and oxygen atoms in total. The number of esters is 4. The summed E-state index contributed by atoms with van der Waals surface area (Å²) in [7, 11) is 0. The molecule has 0 radical (unpaired) electrons. The molecular weight excluding hydrogens is 512 g/mol. The van der Waals surface area contributed by atoms with Crippen molar-refractivity contribution in [3.63, 3.8) is 0 Å². The number of hydrogen-bond acceptors (Lipinski definition) is 8. The third-order valence-electron chi connectivity index (χ3n) is 2.93. The first-order valence-corrected chi connectivity index (χ1v) is 7.55. The molecule has 0 saturated carbocycles. The number of hydrogen-bond donors (Lipinski definition) is 0. The average molecular weight is 520 g/mol. The summed E-state index contributed by atoms with van der Waals surface area (Å²) in [6.07, 6.45) is -33.1. The summed E-state index contributed by atoms with van der Waals surface area (Å²) < 4.78 is 162. The van der Waals surface area contributed by atoms with Gasteiger partial charge in [-0.1, -0.05) is 0 Å². The van der Waals surface area contributed by atoms with Crippen LogP contribution in [0.25, 0.3) is 0 Å². The lowest BCUT2D eigenvalue weighted by molar-refractivity contribution is -0.239. The molecule has 20 heteroatoms. The smallest absolute Gasteiger partial charge is 0.455 e. The Morgan fingerprint density at radius 3 is 1.27 bits per heavy atom. The monoisotopic (exact) mass is 520 g/mol. The fourth-order valence-electron chi connectivity index (χ4n) is 1.61. The lowest BCUT2D eigenvalue weighted by Crippen LogP contribution is -2.50. The summed E-state index contributed by atoms with van der Waals surface area (Å²) >= 11 is 0. The van der Waals surface area contributed by atoms with Crippen molar-refractivity contribution in [3.05, 3.63) is 0 Å². The van der Waals surface area contributed by atoms with E-state index in [4.69, 9.17) is 0 Å². The van der Waals surface area contributed by atoms with Crippen molar-refractivity contribution in [3.8, 4) is 0 Å². The van der Waals surface area contributed by atoms with Gasteiger partial charge in [-0.2, -0.15) is 52.7 Å². The summed E-state index contributed by atoms with van der Waals surface area (Å²) in [6, 6.07) is 0. The lowest BCUT2D eigenvalue weighted by Gasteiger charge is -2.31. The number of carbonyl (C=O) groups excluding carboxylic acids is 4. The largest absolute Gasteiger partial charge is 0.490 e. The van der Waals surface area contributed by atoms with Gasteiger partial charge in [-0.05, 0) is 6.92 Å². The van der Waals surface area contributed by atoms with E-state index in [1.165, 1.54) is 0 Å². The normalized spacial score (nSPS) is 15.7. The molecule has 0 aromatic carbocycles. The predicted octanol–water partition coefficient (Wildman–Crippen LogP) is 2.53. The van der Waals surface area contributed by atoms with Gasteiger partial charge >= 0.3 is 48.6 Å². The highest BCUT2D eigenvalue weighted by molar-refractivity contribution is 5.78. The van der Waals surface area contributed by atoms with Gasteiger partial charge in [0.1, 0.15) is 12.7 Å². The summed E-state index contributed by atoms with van der Waals surface area (Å²) in [4.78, 5) is 43.5. The fraction of sp³-hybridized carbons (Fsp3) is 0.692. The standard InChI is InChI=1S/C13H8F12O8/c1-3(31-7(27)11(17,18)19)5(33-9(29)13(23,24)25)4(32-8(28)12(20,21)22)2-30-6(26)10(14,15)16/h3-5H,2H2,1H3/t3-,4-,5+/m1/s1. The maximum Gasteiger partial charge on any atom is 0.490 e. The third-order valence-corrected chi connectivity index (χ3v) is 2.93. The van der Waals surface area contributed by atoms with Crippen molar-refractivity contribution < 1.29 is 90.8 Å². The first kappa shape index (κ1) is 30.0. The van der Waals surface area contributed by atoms with Crippen LogP contribution in [-0.4, -0.2) is 73.5 Å². The highest BCUT2D eigenvalue weighted by Crippen LogP contribution is 2.26. The van der Waals surface area contributed by atoms with Gasteiger partial charge in [0.25, 0.3) is 0 Å². The van der Waals surface area contributed by atoms with Crippen LogP contribution in [0.4, 0.5) is 52.7 Å². The molecule has 0 bridgehead atoms. The molecule has 192 valence electrons. The lowest BCUT2D eigenvalue weighted by atomic mass is 10.1. The SMILES string of the molecule is C[C@@H](OC(=O)C(F)(F)F)[C@H](OC(=O)C(F)(F)F)[C@@H](COC(=O)C(F)(F)F)OC(=O)C(F)(F)F. The first-order chi connectivity index (χ1) is 14.5. The van der Waals surface area contributed by atoms with E-state index < -0.39 is 73.5 Å². The minimum atomic E-state index is -5.99. The second kappa shape index (κ2) is 10.3. The van der Waals surface area contributed by atoms with E-state index in [0.717, 1.165) is 0 Å². The average Bonchev–Trinajstić information content (AvgIpc) is 2.59. The Labute approximate surface area is 172 Å². The number of ether oxygens (including phenoxy) is 4. The van der Waals surface area contributed by atoms with Crippen LogP contribution >= 0.6 is 0 Å². The Bertz CT molecular complexity index is 736. The number of halogens is 12. The topological polar surface area (TPSA) is 105 Å². The molecule has 0 aromatic rings. The second-order valence-electron chi connectivity index (χ2n) is 5.51. The van der Waals surface area contributed by atoms with Crippen LogP contribution < -0.4 is 0 Å². The van der Waals surface area contributed by atoms with Crippen molar-refractivity contribution in [1.29, 1.82) is 0 Å². The molecule has 0 aliphatic heterocycles. The molecular formula is C13H8F12O8. The van der Waals surface area contributed by atoms with Crippen LogP contribution in [0.1, 0.15) is 6.92 Å². The van der Waals surface area contributed by atoms with Gasteiger partial charge in [-0.3, -0.25) is 0 Å². The minimum absolute atomic E-state index is 0.179. The van der Waals surface area contributed by atoms with E-state index in [0.29, 0.717) is 0 Å². The highest BCUT2D eigenvalue weighted by atomic mass is 19.4. The molecule has 0 amide bonds. The molecule has 0 aliphatic carbocycles. The minimum Gasteiger partial charge on any atom is -0.455 e. The maximum atomic E-state index is 12.4. The molecule has 0 N–H and O–H groups in total. The van der Waals surface area contributed by atoms with E-state index in [1.807, 2.05) is 0 Å². The summed E-state index contributed by atoms with van der Waals surface area (Å²) in [5.74, 6) is -13.1. The molecule has 0 aliphatic rings. The van der Waals surface area contributed by atoms with Gasteiger partial charge in [0.2, 0.25) is 0 Å². The molecule has 0 saturated heterocycles. The summed E-state index contributed by atoms with van der Waals surface area (Å²) in [5.41, 5.74) is 0. The summed E-state index contributed by atoms with van der Waals surface area (Å²) in [6.45, 7) is -2.05. The van der Waals surface area contributed by atoms with E-state index >= 15 is 0 Å². The number of alkyl halides is 12. The van der Waals surface area contributed by atoms with Gasteiger partial charge in [-0.15, -0.1) is 0 Å². The quantitative estimate of drug-likeness (QED) is 0.287. The van der Waals surface area contributed by atoms with Gasteiger partial charge < -0.3 is 18.9 Å². The molecule has 0 fully saturated rings. The molecule has 3 atom stereocenters. The van der Waals surface area contributed by atoms with Crippen molar-refractivity contribution in [2.45, 2.75) is 49.9 Å². The Morgan fingerprint density at radius 2 is 0.909 bits per heavy atom. The number of carbonyl (C=O) groups is 4. The van der Waals surface area contributed by atoms with Crippen molar-refractivity contribution >= 4 is 23.9 Å². The second-order valence-corrected chi connectivity index (χ2v) is 5.51. The van der Waals surface area contributed by atoms with Crippen LogP contribution in [0.2, 0.25) is 0 Å². The Kier molecular flexibility index (Phi) is 9.39. The highest BCUT2D eigenvalue weighted by Gasteiger charge is 2.51. The molecule has 33 heavy (non-hydrogen) atoms. The van der Waals surface area contributed by atoms with Gasteiger partial charge in [0, 0.05) is 0 Å². The number of rotatable bonds is 7. The summed E-state index contributed by atoms with van der Waals surface area (Å²) in [5, 5.41) is 0. The Morgan fingerprint density at radius 1 is 0.576 bits per heavy atom. The van der Waals surface area contributed by atoms with Crippen LogP contribution in [0.3, 0.4) is 0 Å². The molecule has 0 heterocycles. The Balaban J connectivity index is 6.16. The molecule has 0 unspecified atom stereocenters. The van der Waals surface area contributed by atoms with Crippen molar-refractivity contribution in [1.82, 2.24) is 0 Å². The van der Waals surface area contributed by atoms with Gasteiger partial charge in [-0.25, -0.2) is 19.2 Å². The van der Waals surface area contributed by atoms with Crippen molar-refractivity contribution in [2.24, 2.45) is 0 Å². The zero-order chi connectivity index (χ0) is 26.6. The first-order valence-electron chi connectivity index (χ1n) is 7.55. The van der Waals surface area contributed by atoms with E-state index in [9.17, 15) is 71.9 Å². The van der Waals surface area contributed by atoms with E-state index in [1.54, 1.807) is 0 Å². The zero-order valence-corrected chi connectivity index (χ0v) is 15.2. The Hall–Kier alpha value is -2.96. The molecule has 0 spiro atoms. The van der Waals surface area contributed by atoms with E-state index in [-0.39, 0.29) is 6.92 Å². The van der Waals surface area contributed by atoms with Gasteiger partial charge in [0.05, 0.1) is 0 Å².